The molecule has 0 aromatic rings. The Hall–Kier alpha value is -0.990. The Morgan fingerprint density at radius 1 is 0.727 bits per heavy atom. The Bertz CT molecular complexity index is 801. The standard InChI is InChI=1S/C37H66O7/c1-3-4-5-6-7-8-9-10-11-12-13-14-15-16-19-23-31(39)35-27-32(40)36(44-35)34-25-24-33(43-34)30(38)22-20-17-18-21-29-26-28(2)42-37(29)41/h26,28,30-36,38-40H,3-25,27H2,1-2H3/t28-,30-,31+,32-,33+,34-,35-,36-/m1/s1. The summed E-state index contributed by atoms with van der Waals surface area (Å²) in [5, 5.41) is 32.2. The summed E-state index contributed by atoms with van der Waals surface area (Å²) >= 11 is 0. The van der Waals surface area contributed by atoms with E-state index in [1.165, 1.54) is 83.5 Å². The maximum atomic E-state index is 11.7. The minimum atomic E-state index is -0.643. The van der Waals surface area contributed by atoms with Crippen LogP contribution in [-0.4, -0.2) is 70.1 Å². The van der Waals surface area contributed by atoms with Gasteiger partial charge in [0, 0.05) is 12.0 Å². The molecule has 2 fully saturated rings. The number of rotatable bonds is 25. The number of hydrogen-bond donors (Lipinski definition) is 3. The normalized spacial score (nSPS) is 28.4. The van der Waals surface area contributed by atoms with E-state index < -0.39 is 24.4 Å². The molecule has 0 unspecified atom stereocenters. The molecule has 3 aliphatic heterocycles. The molecule has 0 radical (unpaired) electrons. The maximum Gasteiger partial charge on any atom is 0.334 e. The number of unbranched alkanes of at least 4 members (excludes halogenated alkanes) is 16. The lowest BCUT2D eigenvalue weighted by atomic mass is 9.99. The summed E-state index contributed by atoms with van der Waals surface area (Å²) in [5.74, 6) is -0.195. The summed E-state index contributed by atoms with van der Waals surface area (Å²) in [4.78, 5) is 11.7. The van der Waals surface area contributed by atoms with Gasteiger partial charge in [0.05, 0.1) is 36.6 Å². The van der Waals surface area contributed by atoms with Crippen LogP contribution in [-0.2, 0) is 19.0 Å². The number of ether oxygens (including phenoxy) is 3. The zero-order chi connectivity index (χ0) is 31.6. The SMILES string of the molecule is CCCCCCCCCCCCCCCCC[C@H](O)[C@H]1C[C@@H](O)[C@H]([C@H]2CC[C@@H]([C@H](O)CCCCCC3=C[C@@H](C)OC3=O)O2)O1. The third-order valence-electron chi connectivity index (χ3n) is 10.0. The number of carbonyl (C=O) groups is 1. The highest BCUT2D eigenvalue weighted by Crippen LogP contribution is 2.35. The smallest absolute Gasteiger partial charge is 0.334 e. The van der Waals surface area contributed by atoms with E-state index in [1.54, 1.807) is 0 Å². The van der Waals surface area contributed by atoms with Crippen molar-refractivity contribution in [2.45, 2.75) is 217 Å². The third-order valence-corrected chi connectivity index (χ3v) is 10.0. The lowest BCUT2D eigenvalue weighted by Gasteiger charge is -2.25. The van der Waals surface area contributed by atoms with Crippen molar-refractivity contribution >= 4 is 5.97 Å². The predicted octanol–water partition coefficient (Wildman–Crippen LogP) is 7.86. The topological polar surface area (TPSA) is 105 Å². The van der Waals surface area contributed by atoms with Crippen molar-refractivity contribution in [2.75, 3.05) is 0 Å². The Labute approximate surface area is 268 Å². The largest absolute Gasteiger partial charge is 0.455 e. The molecule has 0 spiro atoms. The van der Waals surface area contributed by atoms with Crippen molar-refractivity contribution in [2.24, 2.45) is 0 Å². The van der Waals surface area contributed by atoms with E-state index in [4.69, 9.17) is 14.2 Å². The lowest BCUT2D eigenvalue weighted by Crippen LogP contribution is -2.37. The molecule has 2 saturated heterocycles. The summed E-state index contributed by atoms with van der Waals surface area (Å²) in [6.45, 7) is 4.15. The van der Waals surface area contributed by atoms with Gasteiger partial charge in [-0.05, 0) is 51.5 Å². The van der Waals surface area contributed by atoms with Gasteiger partial charge in [0.2, 0.25) is 0 Å². The zero-order valence-electron chi connectivity index (χ0n) is 28.1. The van der Waals surface area contributed by atoms with Crippen LogP contribution >= 0.6 is 0 Å². The highest BCUT2D eigenvalue weighted by Gasteiger charge is 2.45. The second kappa shape index (κ2) is 21.7. The fourth-order valence-electron chi connectivity index (χ4n) is 7.27. The molecule has 0 bridgehead atoms. The first kappa shape index (κ1) is 37.5. The zero-order valence-corrected chi connectivity index (χ0v) is 28.1. The van der Waals surface area contributed by atoms with E-state index in [9.17, 15) is 20.1 Å². The van der Waals surface area contributed by atoms with Crippen molar-refractivity contribution in [3.63, 3.8) is 0 Å². The summed E-state index contributed by atoms with van der Waals surface area (Å²) in [7, 11) is 0. The van der Waals surface area contributed by atoms with Crippen LogP contribution < -0.4 is 0 Å². The number of esters is 1. The molecule has 0 aliphatic carbocycles. The van der Waals surface area contributed by atoms with Crippen molar-refractivity contribution in [1.82, 2.24) is 0 Å². The molecule has 3 aliphatic rings. The first-order chi connectivity index (χ1) is 21.4. The van der Waals surface area contributed by atoms with Crippen LogP contribution in [0.1, 0.15) is 168 Å². The molecule has 0 saturated carbocycles. The average Bonchev–Trinajstić information content (AvgIpc) is 3.73. The van der Waals surface area contributed by atoms with Crippen LogP contribution in [0, 0.1) is 0 Å². The summed E-state index contributed by atoms with van der Waals surface area (Å²) in [5.41, 5.74) is 0.772. The molecule has 0 aromatic carbocycles. The highest BCUT2D eigenvalue weighted by atomic mass is 16.6. The predicted molar refractivity (Wildman–Crippen MR) is 175 cm³/mol. The number of hydrogen-bond acceptors (Lipinski definition) is 7. The van der Waals surface area contributed by atoms with Gasteiger partial charge in [-0.25, -0.2) is 4.79 Å². The fraction of sp³-hybridized carbons (Fsp3) is 0.919. The molecule has 3 heterocycles. The van der Waals surface area contributed by atoms with Crippen LogP contribution in [0.4, 0.5) is 0 Å². The van der Waals surface area contributed by atoms with Gasteiger partial charge in [-0.1, -0.05) is 116 Å². The van der Waals surface area contributed by atoms with Crippen molar-refractivity contribution in [1.29, 1.82) is 0 Å². The molecule has 8 atom stereocenters. The van der Waals surface area contributed by atoms with Gasteiger partial charge < -0.3 is 29.5 Å². The van der Waals surface area contributed by atoms with Gasteiger partial charge in [0.25, 0.3) is 0 Å². The molecule has 3 N–H and O–H groups in total. The Balaban J connectivity index is 1.17. The second-order valence-electron chi connectivity index (χ2n) is 14.0. The van der Waals surface area contributed by atoms with E-state index in [2.05, 4.69) is 6.92 Å². The third kappa shape index (κ3) is 13.8. The average molecular weight is 623 g/mol. The number of aliphatic hydroxyl groups excluding tert-OH is 3. The van der Waals surface area contributed by atoms with E-state index in [0.29, 0.717) is 19.3 Å². The fourth-order valence-corrected chi connectivity index (χ4v) is 7.27. The van der Waals surface area contributed by atoms with Crippen LogP contribution in [0.15, 0.2) is 11.6 Å². The van der Waals surface area contributed by atoms with E-state index in [0.717, 1.165) is 56.9 Å². The molecular weight excluding hydrogens is 556 g/mol. The molecule has 7 nitrogen and oxygen atoms in total. The van der Waals surface area contributed by atoms with E-state index in [1.807, 2.05) is 13.0 Å². The molecule has 0 aromatic heterocycles. The molecular formula is C37H66O7. The van der Waals surface area contributed by atoms with Crippen molar-refractivity contribution in [3.05, 3.63) is 11.6 Å². The molecule has 44 heavy (non-hydrogen) atoms. The second-order valence-corrected chi connectivity index (χ2v) is 14.0. The Kier molecular flexibility index (Phi) is 18.5. The number of aliphatic hydroxyl groups is 3. The van der Waals surface area contributed by atoms with Gasteiger partial charge in [0.1, 0.15) is 12.2 Å². The first-order valence-electron chi connectivity index (χ1n) is 18.7. The first-order valence-corrected chi connectivity index (χ1v) is 18.7. The monoisotopic (exact) mass is 622 g/mol. The molecule has 3 rings (SSSR count). The summed E-state index contributed by atoms with van der Waals surface area (Å²) < 4.78 is 17.5. The quantitative estimate of drug-likeness (QED) is 0.0703. The molecule has 256 valence electrons. The minimum absolute atomic E-state index is 0.119. The number of cyclic esters (lactones) is 1. The molecule has 7 heteroatoms. The van der Waals surface area contributed by atoms with Crippen LogP contribution in [0.3, 0.4) is 0 Å². The van der Waals surface area contributed by atoms with E-state index >= 15 is 0 Å². The highest BCUT2D eigenvalue weighted by molar-refractivity contribution is 5.90. The maximum absolute atomic E-state index is 11.7. The van der Waals surface area contributed by atoms with E-state index in [-0.39, 0.29) is 30.4 Å². The van der Waals surface area contributed by atoms with Crippen LogP contribution in [0.5, 0.6) is 0 Å². The lowest BCUT2D eigenvalue weighted by molar-refractivity contribution is -0.139. The Morgan fingerprint density at radius 3 is 1.80 bits per heavy atom. The Morgan fingerprint density at radius 2 is 1.25 bits per heavy atom. The van der Waals surface area contributed by atoms with Crippen molar-refractivity contribution in [3.8, 4) is 0 Å². The van der Waals surface area contributed by atoms with Gasteiger partial charge in [-0.2, -0.15) is 0 Å². The van der Waals surface area contributed by atoms with Crippen molar-refractivity contribution < 1.29 is 34.3 Å². The summed E-state index contributed by atoms with van der Waals surface area (Å²) in [6.07, 6.45) is 25.4. The van der Waals surface area contributed by atoms with Gasteiger partial charge >= 0.3 is 5.97 Å². The van der Waals surface area contributed by atoms with Gasteiger partial charge in [-0.15, -0.1) is 0 Å². The van der Waals surface area contributed by atoms with Gasteiger partial charge in [0.15, 0.2) is 0 Å². The van der Waals surface area contributed by atoms with Gasteiger partial charge in [-0.3, -0.25) is 0 Å². The molecule has 0 amide bonds. The number of carbonyl (C=O) groups excluding carboxylic acids is 1. The van der Waals surface area contributed by atoms with Crippen LogP contribution in [0.25, 0.3) is 0 Å². The minimum Gasteiger partial charge on any atom is -0.455 e. The van der Waals surface area contributed by atoms with Crippen LogP contribution in [0.2, 0.25) is 0 Å². The summed E-state index contributed by atoms with van der Waals surface area (Å²) in [6, 6.07) is 0.